The minimum atomic E-state index is -0.156. The first-order valence-corrected chi connectivity index (χ1v) is 7.04. The zero-order valence-electron chi connectivity index (χ0n) is 10.4. The fourth-order valence-corrected chi connectivity index (χ4v) is 2.90. The Morgan fingerprint density at radius 1 is 1.47 bits per heavy atom. The molecule has 0 aliphatic heterocycles. The van der Waals surface area contributed by atoms with E-state index in [1.807, 2.05) is 24.3 Å². The maximum absolute atomic E-state index is 11.4. The fourth-order valence-electron chi connectivity index (χ4n) is 1.70. The van der Waals surface area contributed by atoms with Gasteiger partial charge in [-0.2, -0.15) is 0 Å². The van der Waals surface area contributed by atoms with Crippen molar-refractivity contribution in [2.24, 2.45) is 5.73 Å². The summed E-state index contributed by atoms with van der Waals surface area (Å²) in [5.74, 6) is 0. The topological polar surface area (TPSA) is 71.8 Å². The molecule has 1 aromatic heterocycles. The molecule has 0 aliphatic carbocycles. The van der Waals surface area contributed by atoms with Crippen LogP contribution >= 0.6 is 23.4 Å². The molecule has 3 N–H and O–H groups in total. The van der Waals surface area contributed by atoms with Crippen LogP contribution in [0.25, 0.3) is 0 Å². The van der Waals surface area contributed by atoms with Crippen molar-refractivity contribution in [3.05, 3.63) is 57.0 Å². The Hall–Kier alpha value is -1.30. The van der Waals surface area contributed by atoms with E-state index in [4.69, 9.17) is 17.3 Å². The van der Waals surface area contributed by atoms with Gasteiger partial charge in [0.15, 0.2) is 5.16 Å². The van der Waals surface area contributed by atoms with Crippen LogP contribution in [0, 0.1) is 6.92 Å². The first-order chi connectivity index (χ1) is 9.08. The zero-order valence-corrected chi connectivity index (χ0v) is 12.0. The SMILES string of the molecule is Cc1cc(=O)[nH]c(SC(CN)c2cccc(Cl)c2)n1. The predicted molar refractivity (Wildman–Crippen MR) is 78.7 cm³/mol. The molecule has 0 aliphatic rings. The number of aromatic nitrogens is 2. The normalized spacial score (nSPS) is 12.4. The molecule has 0 saturated heterocycles. The van der Waals surface area contributed by atoms with Gasteiger partial charge in [0, 0.05) is 28.6 Å². The maximum Gasteiger partial charge on any atom is 0.251 e. The van der Waals surface area contributed by atoms with Crippen molar-refractivity contribution in [3.63, 3.8) is 0 Å². The molecule has 2 rings (SSSR count). The highest BCUT2D eigenvalue weighted by atomic mass is 35.5. The smallest absolute Gasteiger partial charge is 0.251 e. The second-order valence-electron chi connectivity index (χ2n) is 4.09. The quantitative estimate of drug-likeness (QED) is 0.671. The summed E-state index contributed by atoms with van der Waals surface area (Å²) in [6.07, 6.45) is 0. The first-order valence-electron chi connectivity index (χ1n) is 5.78. The van der Waals surface area contributed by atoms with Gasteiger partial charge in [0.2, 0.25) is 0 Å². The van der Waals surface area contributed by atoms with Crippen LogP contribution in [0.3, 0.4) is 0 Å². The molecule has 100 valence electrons. The molecule has 19 heavy (non-hydrogen) atoms. The number of nitrogens with one attached hydrogen (secondary N) is 1. The number of thioether (sulfide) groups is 1. The Labute approximate surface area is 120 Å². The number of nitrogens with two attached hydrogens (primary N) is 1. The van der Waals surface area contributed by atoms with Crippen molar-refractivity contribution in [1.29, 1.82) is 0 Å². The van der Waals surface area contributed by atoms with Gasteiger partial charge in [0.1, 0.15) is 0 Å². The summed E-state index contributed by atoms with van der Waals surface area (Å²) in [5, 5.41) is 1.24. The lowest BCUT2D eigenvalue weighted by Gasteiger charge is -2.14. The van der Waals surface area contributed by atoms with Crippen molar-refractivity contribution < 1.29 is 0 Å². The lowest BCUT2D eigenvalue weighted by molar-refractivity contribution is 0.879. The lowest BCUT2D eigenvalue weighted by Crippen LogP contribution is -2.13. The standard InChI is InChI=1S/C13H14ClN3OS/c1-8-5-12(18)17-13(16-8)19-11(7-15)9-3-2-4-10(14)6-9/h2-6,11H,7,15H2,1H3,(H,16,17,18). The van der Waals surface area contributed by atoms with E-state index in [-0.39, 0.29) is 10.8 Å². The van der Waals surface area contributed by atoms with Crippen LogP contribution in [-0.2, 0) is 0 Å². The first kappa shape index (κ1) is 14.1. The average Bonchev–Trinajstić information content (AvgIpc) is 2.34. The Bertz CT molecular complexity index is 629. The van der Waals surface area contributed by atoms with E-state index in [2.05, 4.69) is 9.97 Å². The average molecular weight is 296 g/mol. The largest absolute Gasteiger partial charge is 0.329 e. The van der Waals surface area contributed by atoms with Crippen molar-refractivity contribution in [3.8, 4) is 0 Å². The second-order valence-corrected chi connectivity index (χ2v) is 5.72. The summed E-state index contributed by atoms with van der Waals surface area (Å²) in [7, 11) is 0. The van der Waals surface area contributed by atoms with Gasteiger partial charge in [-0.15, -0.1) is 0 Å². The molecule has 1 heterocycles. The molecule has 1 aromatic carbocycles. The van der Waals surface area contributed by atoms with E-state index < -0.39 is 0 Å². The summed E-state index contributed by atoms with van der Waals surface area (Å²) < 4.78 is 0. The van der Waals surface area contributed by atoms with E-state index in [9.17, 15) is 4.79 Å². The van der Waals surface area contributed by atoms with Gasteiger partial charge < -0.3 is 10.7 Å². The highest BCUT2D eigenvalue weighted by Gasteiger charge is 2.13. The molecule has 0 radical (unpaired) electrons. The number of halogens is 1. The number of hydrogen-bond acceptors (Lipinski definition) is 4. The Balaban J connectivity index is 2.26. The van der Waals surface area contributed by atoms with Crippen LogP contribution < -0.4 is 11.3 Å². The predicted octanol–water partition coefficient (Wildman–Crippen LogP) is 2.52. The van der Waals surface area contributed by atoms with Gasteiger partial charge in [-0.3, -0.25) is 4.79 Å². The van der Waals surface area contributed by atoms with Crippen LogP contribution in [0.4, 0.5) is 0 Å². The Morgan fingerprint density at radius 2 is 2.26 bits per heavy atom. The lowest BCUT2D eigenvalue weighted by atomic mass is 10.1. The van der Waals surface area contributed by atoms with Gasteiger partial charge in [-0.1, -0.05) is 35.5 Å². The van der Waals surface area contributed by atoms with Crippen LogP contribution in [0.15, 0.2) is 40.3 Å². The molecule has 0 bridgehead atoms. The molecule has 0 amide bonds. The van der Waals surface area contributed by atoms with Gasteiger partial charge in [0.25, 0.3) is 5.56 Å². The van der Waals surface area contributed by atoms with Crippen molar-refractivity contribution in [2.75, 3.05) is 6.54 Å². The third-order valence-corrected chi connectivity index (χ3v) is 3.94. The summed E-state index contributed by atoms with van der Waals surface area (Å²) in [6.45, 7) is 2.22. The number of aromatic amines is 1. The van der Waals surface area contributed by atoms with E-state index in [0.29, 0.717) is 22.4 Å². The van der Waals surface area contributed by atoms with E-state index in [1.165, 1.54) is 17.8 Å². The summed E-state index contributed by atoms with van der Waals surface area (Å²) in [4.78, 5) is 18.4. The van der Waals surface area contributed by atoms with Gasteiger partial charge in [-0.05, 0) is 24.6 Å². The third kappa shape index (κ3) is 3.83. The number of aryl methyl sites for hydroxylation is 1. The summed E-state index contributed by atoms with van der Waals surface area (Å²) >= 11 is 7.40. The van der Waals surface area contributed by atoms with Crippen LogP contribution in [0.1, 0.15) is 16.5 Å². The van der Waals surface area contributed by atoms with Crippen molar-refractivity contribution >= 4 is 23.4 Å². The monoisotopic (exact) mass is 295 g/mol. The van der Waals surface area contributed by atoms with E-state index in [1.54, 1.807) is 6.92 Å². The summed E-state index contributed by atoms with van der Waals surface area (Å²) in [6, 6.07) is 8.99. The number of H-pyrrole nitrogens is 1. The second kappa shape index (κ2) is 6.23. The third-order valence-electron chi connectivity index (χ3n) is 2.54. The molecule has 0 fully saturated rings. The maximum atomic E-state index is 11.4. The van der Waals surface area contributed by atoms with E-state index in [0.717, 1.165) is 5.56 Å². The molecular formula is C13H14ClN3OS. The Morgan fingerprint density at radius 3 is 2.89 bits per heavy atom. The molecule has 0 spiro atoms. The van der Waals surface area contributed by atoms with Gasteiger partial charge in [-0.25, -0.2) is 4.98 Å². The number of nitrogens with zero attached hydrogens (tertiary/aromatic N) is 1. The van der Waals surface area contributed by atoms with Crippen LogP contribution in [0.5, 0.6) is 0 Å². The molecular weight excluding hydrogens is 282 g/mol. The summed E-state index contributed by atoms with van der Waals surface area (Å²) in [5.41, 5.74) is 7.35. The van der Waals surface area contributed by atoms with Crippen molar-refractivity contribution in [1.82, 2.24) is 9.97 Å². The molecule has 2 aromatic rings. The van der Waals surface area contributed by atoms with Gasteiger partial charge >= 0.3 is 0 Å². The molecule has 1 atom stereocenters. The van der Waals surface area contributed by atoms with Crippen molar-refractivity contribution in [2.45, 2.75) is 17.3 Å². The highest BCUT2D eigenvalue weighted by molar-refractivity contribution is 7.99. The van der Waals surface area contributed by atoms with Gasteiger partial charge in [0.05, 0.1) is 0 Å². The number of rotatable bonds is 4. The minimum Gasteiger partial charge on any atom is -0.329 e. The minimum absolute atomic E-state index is 0.00338. The molecule has 6 heteroatoms. The van der Waals surface area contributed by atoms with Crippen LogP contribution in [0.2, 0.25) is 5.02 Å². The molecule has 1 unspecified atom stereocenters. The Kier molecular flexibility index (Phi) is 4.63. The van der Waals surface area contributed by atoms with Crippen LogP contribution in [-0.4, -0.2) is 16.5 Å². The molecule has 4 nitrogen and oxygen atoms in total. The number of benzene rings is 1. The fraction of sp³-hybridized carbons (Fsp3) is 0.231. The van der Waals surface area contributed by atoms with E-state index >= 15 is 0 Å². The molecule has 0 saturated carbocycles. The highest BCUT2D eigenvalue weighted by Crippen LogP contribution is 2.32. The number of hydrogen-bond donors (Lipinski definition) is 2. The zero-order chi connectivity index (χ0) is 13.8.